The quantitative estimate of drug-likeness (QED) is 0.526. The second-order valence-electron chi connectivity index (χ2n) is 6.15. The van der Waals surface area contributed by atoms with Gasteiger partial charge in [0.1, 0.15) is 11.5 Å². The Hall–Kier alpha value is -1.75. The molecule has 22 heavy (non-hydrogen) atoms. The predicted octanol–water partition coefficient (Wildman–Crippen LogP) is 1.92. The van der Waals surface area contributed by atoms with E-state index in [0.29, 0.717) is 6.04 Å². The lowest BCUT2D eigenvalue weighted by Crippen LogP contribution is -2.42. The minimum Gasteiger partial charge on any atom is -0.466 e. The Labute approximate surface area is 132 Å². The van der Waals surface area contributed by atoms with Crippen molar-refractivity contribution in [2.45, 2.75) is 32.9 Å². The van der Waals surface area contributed by atoms with E-state index in [1.54, 1.807) is 0 Å². The van der Waals surface area contributed by atoms with Gasteiger partial charge in [-0.05, 0) is 26.3 Å². The summed E-state index contributed by atoms with van der Waals surface area (Å²) in [7, 11) is 1.86. The standard InChI is InChI=1S/C17H26N4O/c1-13-10-15(14(2)22-13)11-19-17(18-3)21-9-6-16(12-21)20-7-4-5-8-20/h4-5,10,16H,6-9,11-12H2,1-3H3,(H,18,19). The molecule has 2 aliphatic heterocycles. The van der Waals surface area contributed by atoms with Gasteiger partial charge in [0.2, 0.25) is 0 Å². The molecule has 1 atom stereocenters. The van der Waals surface area contributed by atoms with Gasteiger partial charge < -0.3 is 14.6 Å². The van der Waals surface area contributed by atoms with E-state index in [2.05, 4.69) is 38.3 Å². The maximum atomic E-state index is 5.58. The molecule has 0 radical (unpaired) electrons. The molecule has 1 N–H and O–H groups in total. The van der Waals surface area contributed by atoms with Crippen LogP contribution in [0.5, 0.6) is 0 Å². The molecular weight excluding hydrogens is 276 g/mol. The molecule has 0 saturated carbocycles. The number of hydrogen-bond acceptors (Lipinski definition) is 3. The Morgan fingerprint density at radius 3 is 2.77 bits per heavy atom. The van der Waals surface area contributed by atoms with Gasteiger partial charge in [0.25, 0.3) is 0 Å². The number of nitrogens with one attached hydrogen (secondary N) is 1. The zero-order valence-electron chi connectivity index (χ0n) is 13.8. The summed E-state index contributed by atoms with van der Waals surface area (Å²) in [6.07, 6.45) is 5.74. The highest BCUT2D eigenvalue weighted by Gasteiger charge is 2.29. The average Bonchev–Trinajstić information content (AvgIpc) is 3.21. The predicted molar refractivity (Wildman–Crippen MR) is 89.1 cm³/mol. The van der Waals surface area contributed by atoms with Gasteiger partial charge >= 0.3 is 0 Å². The van der Waals surface area contributed by atoms with Crippen LogP contribution in [0, 0.1) is 13.8 Å². The van der Waals surface area contributed by atoms with Crippen LogP contribution < -0.4 is 5.32 Å². The normalized spacial score (nSPS) is 22.8. The minimum absolute atomic E-state index is 0.645. The summed E-state index contributed by atoms with van der Waals surface area (Å²) in [5.41, 5.74) is 1.21. The van der Waals surface area contributed by atoms with Crippen molar-refractivity contribution in [3.8, 4) is 0 Å². The van der Waals surface area contributed by atoms with Gasteiger partial charge in [-0.1, -0.05) is 12.2 Å². The summed E-state index contributed by atoms with van der Waals surface area (Å²) in [6, 6.07) is 2.74. The van der Waals surface area contributed by atoms with E-state index in [9.17, 15) is 0 Å². The van der Waals surface area contributed by atoms with Crippen LogP contribution in [0.3, 0.4) is 0 Å². The fourth-order valence-corrected chi connectivity index (χ4v) is 3.39. The molecule has 1 saturated heterocycles. The Morgan fingerprint density at radius 1 is 1.36 bits per heavy atom. The number of aryl methyl sites for hydroxylation is 2. The number of furan rings is 1. The monoisotopic (exact) mass is 302 g/mol. The van der Waals surface area contributed by atoms with Gasteiger partial charge in [0.15, 0.2) is 5.96 Å². The topological polar surface area (TPSA) is 44.0 Å². The van der Waals surface area contributed by atoms with Crippen LogP contribution in [-0.4, -0.2) is 55.0 Å². The van der Waals surface area contributed by atoms with E-state index >= 15 is 0 Å². The maximum absolute atomic E-state index is 5.58. The summed E-state index contributed by atoms with van der Waals surface area (Å²) in [6.45, 7) is 9.09. The summed E-state index contributed by atoms with van der Waals surface area (Å²) >= 11 is 0. The van der Waals surface area contributed by atoms with E-state index in [0.717, 1.165) is 50.2 Å². The zero-order valence-corrected chi connectivity index (χ0v) is 13.8. The number of likely N-dealkylation sites (tertiary alicyclic amines) is 1. The second kappa shape index (κ2) is 6.57. The molecule has 120 valence electrons. The molecule has 3 heterocycles. The number of nitrogens with zero attached hydrogens (tertiary/aromatic N) is 3. The van der Waals surface area contributed by atoms with E-state index in [1.807, 2.05) is 20.9 Å². The molecule has 0 aliphatic carbocycles. The Bertz CT molecular complexity index is 567. The Kier molecular flexibility index (Phi) is 4.52. The summed E-state index contributed by atoms with van der Waals surface area (Å²) in [5.74, 6) is 2.95. The van der Waals surface area contributed by atoms with Crippen molar-refractivity contribution in [1.82, 2.24) is 15.1 Å². The molecule has 0 amide bonds. The van der Waals surface area contributed by atoms with Crippen LogP contribution in [0.4, 0.5) is 0 Å². The van der Waals surface area contributed by atoms with Crippen LogP contribution in [-0.2, 0) is 6.54 Å². The fourth-order valence-electron chi connectivity index (χ4n) is 3.39. The van der Waals surface area contributed by atoms with Crippen molar-refractivity contribution in [2.75, 3.05) is 33.2 Å². The number of rotatable bonds is 3. The SMILES string of the molecule is CN=C(NCc1cc(C)oc1C)N1CCC(N2CC=CC2)C1. The Morgan fingerprint density at radius 2 is 2.14 bits per heavy atom. The molecule has 1 aromatic heterocycles. The third-order valence-electron chi connectivity index (χ3n) is 4.62. The van der Waals surface area contributed by atoms with Crippen molar-refractivity contribution >= 4 is 5.96 Å². The summed E-state index contributed by atoms with van der Waals surface area (Å²) < 4.78 is 5.58. The first-order chi connectivity index (χ1) is 10.7. The van der Waals surface area contributed by atoms with Gasteiger partial charge in [-0.3, -0.25) is 9.89 Å². The number of hydrogen-bond donors (Lipinski definition) is 1. The van der Waals surface area contributed by atoms with Crippen LogP contribution in [0.2, 0.25) is 0 Å². The highest BCUT2D eigenvalue weighted by Crippen LogP contribution is 2.18. The molecule has 5 heteroatoms. The molecule has 0 bridgehead atoms. The van der Waals surface area contributed by atoms with Gasteiger partial charge in [0, 0.05) is 51.4 Å². The molecule has 0 spiro atoms. The van der Waals surface area contributed by atoms with E-state index in [4.69, 9.17) is 4.42 Å². The smallest absolute Gasteiger partial charge is 0.193 e. The average molecular weight is 302 g/mol. The van der Waals surface area contributed by atoms with Crippen LogP contribution in [0.25, 0.3) is 0 Å². The molecular formula is C17H26N4O. The molecule has 3 rings (SSSR count). The second-order valence-corrected chi connectivity index (χ2v) is 6.15. The highest BCUT2D eigenvalue weighted by molar-refractivity contribution is 5.80. The Balaban J connectivity index is 1.55. The molecule has 1 fully saturated rings. The van der Waals surface area contributed by atoms with Crippen LogP contribution in [0.1, 0.15) is 23.5 Å². The minimum atomic E-state index is 0.645. The first kappa shape index (κ1) is 15.2. The van der Waals surface area contributed by atoms with Crippen molar-refractivity contribution in [3.63, 3.8) is 0 Å². The third-order valence-corrected chi connectivity index (χ3v) is 4.62. The lowest BCUT2D eigenvalue weighted by atomic mass is 10.2. The maximum Gasteiger partial charge on any atom is 0.193 e. The first-order valence-corrected chi connectivity index (χ1v) is 8.08. The molecule has 1 aromatic rings. The van der Waals surface area contributed by atoms with Crippen LogP contribution >= 0.6 is 0 Å². The molecule has 0 aromatic carbocycles. The summed E-state index contributed by atoms with van der Waals surface area (Å²) in [5, 5.41) is 3.47. The summed E-state index contributed by atoms with van der Waals surface area (Å²) in [4.78, 5) is 9.35. The van der Waals surface area contributed by atoms with Gasteiger partial charge in [-0.15, -0.1) is 0 Å². The van der Waals surface area contributed by atoms with Gasteiger partial charge in [-0.25, -0.2) is 0 Å². The molecule has 1 unspecified atom stereocenters. The first-order valence-electron chi connectivity index (χ1n) is 8.08. The number of aliphatic imine (C=N–C) groups is 1. The van der Waals surface area contributed by atoms with E-state index in [-0.39, 0.29) is 0 Å². The molecule has 2 aliphatic rings. The van der Waals surface area contributed by atoms with E-state index < -0.39 is 0 Å². The number of guanidine groups is 1. The van der Waals surface area contributed by atoms with Gasteiger partial charge in [0.05, 0.1) is 0 Å². The van der Waals surface area contributed by atoms with Crippen molar-refractivity contribution in [1.29, 1.82) is 0 Å². The van der Waals surface area contributed by atoms with Crippen molar-refractivity contribution in [2.24, 2.45) is 4.99 Å². The van der Waals surface area contributed by atoms with Crippen LogP contribution in [0.15, 0.2) is 27.6 Å². The lowest BCUT2D eigenvalue weighted by molar-refractivity contribution is 0.259. The lowest BCUT2D eigenvalue weighted by Gasteiger charge is -2.25. The van der Waals surface area contributed by atoms with Crippen molar-refractivity contribution < 1.29 is 4.42 Å². The van der Waals surface area contributed by atoms with E-state index in [1.165, 1.54) is 12.0 Å². The zero-order chi connectivity index (χ0) is 15.5. The largest absolute Gasteiger partial charge is 0.466 e. The molecule has 5 nitrogen and oxygen atoms in total. The fraction of sp³-hybridized carbons (Fsp3) is 0.588. The van der Waals surface area contributed by atoms with Gasteiger partial charge in [-0.2, -0.15) is 0 Å². The third kappa shape index (κ3) is 3.19. The van der Waals surface area contributed by atoms with Crippen molar-refractivity contribution in [3.05, 3.63) is 35.3 Å². The highest BCUT2D eigenvalue weighted by atomic mass is 16.3.